The van der Waals surface area contributed by atoms with Crippen molar-refractivity contribution in [1.82, 2.24) is 9.97 Å². The number of hydrogen-bond acceptors (Lipinski definition) is 3. The molecule has 0 amide bonds. The number of aromatic nitrogens is 2. The van der Waals surface area contributed by atoms with Gasteiger partial charge in [0.05, 0.1) is 5.52 Å². The molecular weight excluding hydrogens is 246 g/mol. The zero-order valence-electron chi connectivity index (χ0n) is 11.2. The van der Waals surface area contributed by atoms with Crippen LogP contribution in [0.15, 0.2) is 54.6 Å². The molecule has 1 aliphatic heterocycles. The van der Waals surface area contributed by atoms with Gasteiger partial charge in [-0.1, -0.05) is 42.5 Å². The van der Waals surface area contributed by atoms with Gasteiger partial charge in [0.15, 0.2) is 5.82 Å². The number of fused-ring (bicyclic) bond motifs is 1. The van der Waals surface area contributed by atoms with Gasteiger partial charge in [-0.2, -0.15) is 0 Å². The summed E-state index contributed by atoms with van der Waals surface area (Å²) in [6.45, 7) is 2.18. The van der Waals surface area contributed by atoms with Gasteiger partial charge in [0.1, 0.15) is 5.82 Å². The zero-order chi connectivity index (χ0) is 13.4. The van der Waals surface area contributed by atoms with E-state index in [0.717, 1.165) is 41.2 Å². The molecule has 0 atom stereocenters. The lowest BCUT2D eigenvalue weighted by Gasteiger charge is -2.33. The van der Waals surface area contributed by atoms with E-state index in [4.69, 9.17) is 9.97 Å². The Morgan fingerprint density at radius 3 is 2.30 bits per heavy atom. The number of para-hydroxylation sites is 1. The molecule has 2 heterocycles. The van der Waals surface area contributed by atoms with E-state index in [1.165, 1.54) is 6.42 Å². The summed E-state index contributed by atoms with van der Waals surface area (Å²) in [5.41, 5.74) is 2.09. The highest BCUT2D eigenvalue weighted by Crippen LogP contribution is 2.29. The predicted octanol–water partition coefficient (Wildman–Crippen LogP) is 3.51. The molecule has 0 unspecified atom stereocenters. The number of nitrogens with zero attached hydrogens (tertiary/aromatic N) is 3. The second-order valence-electron chi connectivity index (χ2n) is 5.09. The van der Waals surface area contributed by atoms with Crippen molar-refractivity contribution in [3.05, 3.63) is 54.6 Å². The minimum absolute atomic E-state index is 0.811. The summed E-state index contributed by atoms with van der Waals surface area (Å²) < 4.78 is 0. The smallest absolute Gasteiger partial charge is 0.162 e. The maximum absolute atomic E-state index is 4.81. The molecule has 3 aromatic rings. The highest BCUT2D eigenvalue weighted by atomic mass is 15.2. The monoisotopic (exact) mass is 261 g/mol. The summed E-state index contributed by atoms with van der Waals surface area (Å²) in [7, 11) is 0. The first-order chi connectivity index (χ1) is 9.92. The molecule has 1 aliphatic rings. The van der Waals surface area contributed by atoms with Gasteiger partial charge in [0.2, 0.25) is 0 Å². The van der Waals surface area contributed by atoms with Crippen molar-refractivity contribution in [2.24, 2.45) is 0 Å². The topological polar surface area (TPSA) is 29.0 Å². The maximum atomic E-state index is 4.81. The van der Waals surface area contributed by atoms with Crippen LogP contribution in [0, 0.1) is 0 Å². The normalized spacial score (nSPS) is 14.3. The lowest BCUT2D eigenvalue weighted by molar-refractivity contribution is 0.612. The lowest BCUT2D eigenvalue weighted by atomic mass is 10.1. The van der Waals surface area contributed by atoms with Crippen molar-refractivity contribution in [3.63, 3.8) is 0 Å². The van der Waals surface area contributed by atoms with E-state index in [0.29, 0.717) is 0 Å². The van der Waals surface area contributed by atoms with Gasteiger partial charge < -0.3 is 4.90 Å². The number of rotatable bonds is 2. The number of anilines is 1. The van der Waals surface area contributed by atoms with Crippen LogP contribution in [0.2, 0.25) is 0 Å². The molecule has 3 heteroatoms. The standard InChI is InChI=1S/C17H15N3/c1-2-7-13(8-3-1)16-18-15-10-5-4-9-14(15)17(19-16)20-11-6-12-20/h1-5,7-10H,6,11-12H2. The fraction of sp³-hybridized carbons (Fsp3) is 0.176. The van der Waals surface area contributed by atoms with Crippen molar-refractivity contribution >= 4 is 16.7 Å². The van der Waals surface area contributed by atoms with Gasteiger partial charge >= 0.3 is 0 Å². The molecule has 20 heavy (non-hydrogen) atoms. The quantitative estimate of drug-likeness (QED) is 0.707. The van der Waals surface area contributed by atoms with Crippen LogP contribution in [0.25, 0.3) is 22.3 Å². The lowest BCUT2D eigenvalue weighted by Crippen LogP contribution is -2.37. The number of benzene rings is 2. The maximum Gasteiger partial charge on any atom is 0.162 e. The van der Waals surface area contributed by atoms with Crippen LogP contribution in [-0.4, -0.2) is 23.1 Å². The predicted molar refractivity (Wildman–Crippen MR) is 81.8 cm³/mol. The second kappa shape index (κ2) is 4.60. The van der Waals surface area contributed by atoms with Crippen LogP contribution >= 0.6 is 0 Å². The van der Waals surface area contributed by atoms with Crippen molar-refractivity contribution in [1.29, 1.82) is 0 Å². The molecule has 2 aromatic carbocycles. The third kappa shape index (κ3) is 1.83. The molecule has 0 radical (unpaired) electrons. The van der Waals surface area contributed by atoms with E-state index in [1.54, 1.807) is 0 Å². The fourth-order valence-electron chi connectivity index (χ4n) is 2.55. The Kier molecular flexibility index (Phi) is 2.62. The molecule has 1 fully saturated rings. The van der Waals surface area contributed by atoms with E-state index in [2.05, 4.69) is 35.2 Å². The summed E-state index contributed by atoms with van der Waals surface area (Å²) >= 11 is 0. The molecule has 3 nitrogen and oxygen atoms in total. The van der Waals surface area contributed by atoms with Crippen molar-refractivity contribution in [3.8, 4) is 11.4 Å². The molecular formula is C17H15N3. The largest absolute Gasteiger partial charge is 0.356 e. The van der Waals surface area contributed by atoms with Crippen LogP contribution < -0.4 is 4.90 Å². The summed E-state index contributed by atoms with van der Waals surface area (Å²) in [5.74, 6) is 1.88. The van der Waals surface area contributed by atoms with Crippen molar-refractivity contribution < 1.29 is 0 Å². The van der Waals surface area contributed by atoms with E-state index >= 15 is 0 Å². The molecule has 0 spiro atoms. The van der Waals surface area contributed by atoms with Crippen LogP contribution in [0.1, 0.15) is 6.42 Å². The van der Waals surface area contributed by atoms with Crippen molar-refractivity contribution in [2.45, 2.75) is 6.42 Å². The van der Waals surface area contributed by atoms with E-state index in [9.17, 15) is 0 Å². The van der Waals surface area contributed by atoms with Crippen LogP contribution in [-0.2, 0) is 0 Å². The first-order valence-corrected chi connectivity index (χ1v) is 6.99. The van der Waals surface area contributed by atoms with E-state index in [-0.39, 0.29) is 0 Å². The SMILES string of the molecule is c1ccc(-c2nc(N3CCC3)c3ccccc3n2)cc1. The Morgan fingerprint density at radius 2 is 1.55 bits per heavy atom. The second-order valence-corrected chi connectivity index (χ2v) is 5.09. The van der Waals surface area contributed by atoms with Crippen molar-refractivity contribution in [2.75, 3.05) is 18.0 Å². The minimum Gasteiger partial charge on any atom is -0.356 e. The van der Waals surface area contributed by atoms with Gasteiger partial charge in [-0.25, -0.2) is 9.97 Å². The Balaban J connectivity index is 1.94. The van der Waals surface area contributed by atoms with Gasteiger partial charge in [0.25, 0.3) is 0 Å². The Hall–Kier alpha value is -2.42. The van der Waals surface area contributed by atoms with Crippen LogP contribution in [0.4, 0.5) is 5.82 Å². The Bertz CT molecular complexity index is 749. The molecule has 0 saturated carbocycles. The van der Waals surface area contributed by atoms with E-state index in [1.807, 2.05) is 24.3 Å². The van der Waals surface area contributed by atoms with Gasteiger partial charge in [-0.15, -0.1) is 0 Å². The first kappa shape index (κ1) is 11.4. The highest BCUT2D eigenvalue weighted by Gasteiger charge is 2.19. The minimum atomic E-state index is 0.811. The molecule has 0 bridgehead atoms. The average Bonchev–Trinajstić information content (AvgIpc) is 2.46. The summed E-state index contributed by atoms with van der Waals surface area (Å²) in [6, 6.07) is 18.4. The molecule has 1 aromatic heterocycles. The average molecular weight is 261 g/mol. The fourth-order valence-corrected chi connectivity index (χ4v) is 2.55. The van der Waals surface area contributed by atoms with Crippen LogP contribution in [0.5, 0.6) is 0 Å². The third-order valence-corrected chi connectivity index (χ3v) is 3.77. The molecule has 0 N–H and O–H groups in total. The molecule has 1 saturated heterocycles. The zero-order valence-corrected chi connectivity index (χ0v) is 11.2. The first-order valence-electron chi connectivity index (χ1n) is 6.99. The summed E-state index contributed by atoms with van der Waals surface area (Å²) in [4.78, 5) is 11.8. The third-order valence-electron chi connectivity index (χ3n) is 3.77. The van der Waals surface area contributed by atoms with Gasteiger partial charge in [-0.05, 0) is 18.6 Å². The van der Waals surface area contributed by atoms with Gasteiger partial charge in [-0.3, -0.25) is 0 Å². The number of hydrogen-bond donors (Lipinski definition) is 0. The van der Waals surface area contributed by atoms with Gasteiger partial charge in [0, 0.05) is 24.0 Å². The molecule has 4 rings (SSSR count). The van der Waals surface area contributed by atoms with E-state index < -0.39 is 0 Å². The Morgan fingerprint density at radius 1 is 0.800 bits per heavy atom. The molecule has 98 valence electrons. The summed E-state index contributed by atoms with van der Waals surface area (Å²) in [5, 5.41) is 1.15. The molecule has 0 aliphatic carbocycles. The summed E-state index contributed by atoms with van der Waals surface area (Å²) in [6.07, 6.45) is 1.25. The highest BCUT2D eigenvalue weighted by molar-refractivity contribution is 5.91. The van der Waals surface area contributed by atoms with Crippen LogP contribution in [0.3, 0.4) is 0 Å². The Labute approximate surface area is 117 Å².